The van der Waals surface area contributed by atoms with Crippen molar-refractivity contribution < 1.29 is 14.3 Å². The molecule has 150 valence electrons. The van der Waals surface area contributed by atoms with Gasteiger partial charge in [-0.3, -0.25) is 9.59 Å². The third-order valence-corrected chi connectivity index (χ3v) is 6.29. The maximum absolute atomic E-state index is 13.4. The van der Waals surface area contributed by atoms with Crippen LogP contribution in [-0.4, -0.2) is 18.2 Å². The SMILES string of the molecule is CC1(C)CC(=O)C2(C(=O)C1)c1ccccc1CC2/C=C/COCc1ccccc1. The van der Waals surface area contributed by atoms with E-state index in [1.807, 2.05) is 74.5 Å². The second-order valence-electron chi connectivity index (χ2n) is 9.07. The van der Waals surface area contributed by atoms with Crippen molar-refractivity contribution in [3.05, 3.63) is 83.4 Å². The van der Waals surface area contributed by atoms with Gasteiger partial charge < -0.3 is 4.74 Å². The van der Waals surface area contributed by atoms with Gasteiger partial charge in [0.15, 0.2) is 11.6 Å². The van der Waals surface area contributed by atoms with E-state index < -0.39 is 5.41 Å². The second-order valence-corrected chi connectivity index (χ2v) is 9.07. The Hall–Kier alpha value is -2.52. The summed E-state index contributed by atoms with van der Waals surface area (Å²) in [5, 5.41) is 0. The summed E-state index contributed by atoms with van der Waals surface area (Å²) in [6.45, 7) is 5.04. The Morgan fingerprint density at radius 1 is 0.966 bits per heavy atom. The molecule has 3 nitrogen and oxygen atoms in total. The topological polar surface area (TPSA) is 43.4 Å². The van der Waals surface area contributed by atoms with E-state index in [-0.39, 0.29) is 22.9 Å². The first-order valence-corrected chi connectivity index (χ1v) is 10.4. The van der Waals surface area contributed by atoms with Crippen LogP contribution in [0.15, 0.2) is 66.7 Å². The van der Waals surface area contributed by atoms with Crippen LogP contribution in [0.4, 0.5) is 0 Å². The van der Waals surface area contributed by atoms with E-state index in [1.54, 1.807) is 0 Å². The molecule has 0 bridgehead atoms. The maximum atomic E-state index is 13.4. The van der Waals surface area contributed by atoms with Crippen molar-refractivity contribution in [2.45, 2.75) is 45.1 Å². The summed E-state index contributed by atoms with van der Waals surface area (Å²) in [5.74, 6) is 0.0171. The molecule has 2 aliphatic rings. The monoisotopic (exact) mass is 388 g/mol. The van der Waals surface area contributed by atoms with Crippen molar-refractivity contribution in [2.75, 3.05) is 6.61 Å². The zero-order valence-corrected chi connectivity index (χ0v) is 17.2. The average molecular weight is 389 g/mol. The van der Waals surface area contributed by atoms with Crippen LogP contribution in [0.2, 0.25) is 0 Å². The first-order chi connectivity index (χ1) is 13.9. The second kappa shape index (κ2) is 7.72. The highest BCUT2D eigenvalue weighted by atomic mass is 16.5. The normalized spacial score (nSPS) is 22.3. The molecule has 0 aliphatic heterocycles. The number of benzene rings is 2. The standard InChI is InChI=1S/C26H28O3/c1-25(2)16-23(27)26(24(28)17-25)21(15-20-11-6-7-13-22(20)26)12-8-14-29-18-19-9-4-3-5-10-19/h3-13,21H,14-18H2,1-2H3/b12-8+. The van der Waals surface area contributed by atoms with Gasteiger partial charge in [-0.05, 0) is 28.5 Å². The minimum Gasteiger partial charge on any atom is -0.373 e. The van der Waals surface area contributed by atoms with E-state index in [9.17, 15) is 9.59 Å². The van der Waals surface area contributed by atoms with Crippen LogP contribution in [0.5, 0.6) is 0 Å². The number of ether oxygens (including phenoxy) is 1. The Bertz CT molecular complexity index is 919. The summed E-state index contributed by atoms with van der Waals surface area (Å²) in [4.78, 5) is 26.8. The van der Waals surface area contributed by atoms with Gasteiger partial charge in [0.1, 0.15) is 5.41 Å². The van der Waals surface area contributed by atoms with E-state index in [0.717, 1.165) is 23.1 Å². The predicted molar refractivity (Wildman–Crippen MR) is 114 cm³/mol. The fourth-order valence-corrected chi connectivity index (χ4v) is 5.00. The molecule has 1 spiro atoms. The summed E-state index contributed by atoms with van der Waals surface area (Å²) in [6.07, 6.45) is 5.63. The Morgan fingerprint density at radius 3 is 2.34 bits per heavy atom. The van der Waals surface area contributed by atoms with Crippen molar-refractivity contribution in [3.63, 3.8) is 0 Å². The molecule has 0 amide bonds. The van der Waals surface area contributed by atoms with Gasteiger partial charge >= 0.3 is 0 Å². The predicted octanol–water partition coefficient (Wildman–Crippen LogP) is 4.83. The molecule has 0 heterocycles. The molecule has 29 heavy (non-hydrogen) atoms. The highest BCUT2D eigenvalue weighted by Crippen LogP contribution is 2.52. The number of rotatable bonds is 5. The molecule has 1 saturated carbocycles. The molecule has 0 N–H and O–H groups in total. The van der Waals surface area contributed by atoms with E-state index in [4.69, 9.17) is 4.74 Å². The maximum Gasteiger partial charge on any atom is 0.152 e. The van der Waals surface area contributed by atoms with Crippen molar-refractivity contribution in [3.8, 4) is 0 Å². The van der Waals surface area contributed by atoms with Gasteiger partial charge in [-0.25, -0.2) is 0 Å². The molecule has 0 aromatic heterocycles. The van der Waals surface area contributed by atoms with E-state index in [2.05, 4.69) is 6.07 Å². The molecule has 4 rings (SSSR count). The molecule has 3 heteroatoms. The molecule has 1 fully saturated rings. The number of allylic oxidation sites excluding steroid dienone is 1. The van der Waals surface area contributed by atoms with Gasteiger partial charge in [0.05, 0.1) is 13.2 Å². The summed E-state index contributed by atoms with van der Waals surface area (Å²) < 4.78 is 5.76. The summed E-state index contributed by atoms with van der Waals surface area (Å²) in [6, 6.07) is 18.0. The molecular weight excluding hydrogens is 360 g/mol. The Morgan fingerprint density at radius 2 is 1.62 bits per heavy atom. The van der Waals surface area contributed by atoms with Gasteiger partial charge in [0.2, 0.25) is 0 Å². The van der Waals surface area contributed by atoms with Crippen LogP contribution < -0.4 is 0 Å². The van der Waals surface area contributed by atoms with Gasteiger partial charge in [0, 0.05) is 18.8 Å². The molecular formula is C26H28O3. The largest absolute Gasteiger partial charge is 0.373 e. The lowest BCUT2D eigenvalue weighted by Gasteiger charge is -2.41. The Labute approximate surface area is 172 Å². The first kappa shape index (κ1) is 19.8. The van der Waals surface area contributed by atoms with Crippen LogP contribution in [0.1, 0.15) is 43.4 Å². The summed E-state index contributed by atoms with van der Waals surface area (Å²) in [5.41, 5.74) is 1.90. The van der Waals surface area contributed by atoms with Crippen molar-refractivity contribution in [1.82, 2.24) is 0 Å². The minimum absolute atomic E-state index is 0.0727. The van der Waals surface area contributed by atoms with Gasteiger partial charge in [-0.15, -0.1) is 0 Å². The third-order valence-electron chi connectivity index (χ3n) is 6.29. The number of Topliss-reactive ketones (excluding diaryl/α,β-unsaturated/α-hetero) is 2. The zero-order chi connectivity index (χ0) is 20.5. The molecule has 1 unspecified atom stereocenters. The molecule has 1 atom stereocenters. The summed E-state index contributed by atoms with van der Waals surface area (Å²) in [7, 11) is 0. The molecule has 0 radical (unpaired) electrons. The van der Waals surface area contributed by atoms with Gasteiger partial charge in [-0.1, -0.05) is 80.6 Å². The van der Waals surface area contributed by atoms with Crippen molar-refractivity contribution in [2.24, 2.45) is 11.3 Å². The van der Waals surface area contributed by atoms with E-state index >= 15 is 0 Å². The smallest absolute Gasteiger partial charge is 0.152 e. The fraction of sp³-hybridized carbons (Fsp3) is 0.385. The lowest BCUT2D eigenvalue weighted by molar-refractivity contribution is -0.143. The Balaban J connectivity index is 1.55. The molecule has 2 aromatic carbocycles. The number of ketones is 2. The lowest BCUT2D eigenvalue weighted by Crippen LogP contribution is -2.53. The first-order valence-electron chi connectivity index (χ1n) is 10.4. The Kier molecular flexibility index (Phi) is 5.26. The zero-order valence-electron chi connectivity index (χ0n) is 17.2. The van der Waals surface area contributed by atoms with Crippen LogP contribution >= 0.6 is 0 Å². The number of carbonyl (C=O) groups excluding carboxylic acids is 2. The quantitative estimate of drug-likeness (QED) is 0.419. The molecule has 2 aliphatic carbocycles. The minimum atomic E-state index is -1.01. The van der Waals surface area contributed by atoms with Crippen molar-refractivity contribution >= 4 is 11.6 Å². The van der Waals surface area contributed by atoms with E-state index in [0.29, 0.717) is 26.1 Å². The number of hydrogen-bond donors (Lipinski definition) is 0. The number of hydrogen-bond acceptors (Lipinski definition) is 3. The average Bonchev–Trinajstić information content (AvgIpc) is 3.01. The van der Waals surface area contributed by atoms with Crippen LogP contribution in [0, 0.1) is 11.3 Å². The highest BCUT2D eigenvalue weighted by Gasteiger charge is 2.59. The number of carbonyl (C=O) groups is 2. The molecule has 0 saturated heterocycles. The van der Waals surface area contributed by atoms with Crippen LogP contribution in [0.3, 0.4) is 0 Å². The fourth-order valence-electron chi connectivity index (χ4n) is 5.00. The van der Waals surface area contributed by atoms with Crippen molar-refractivity contribution in [1.29, 1.82) is 0 Å². The van der Waals surface area contributed by atoms with Crippen LogP contribution in [-0.2, 0) is 32.8 Å². The van der Waals surface area contributed by atoms with Gasteiger partial charge in [-0.2, -0.15) is 0 Å². The molecule has 2 aromatic rings. The lowest BCUT2D eigenvalue weighted by atomic mass is 9.58. The highest BCUT2D eigenvalue weighted by molar-refractivity contribution is 6.16. The third kappa shape index (κ3) is 3.60. The van der Waals surface area contributed by atoms with E-state index in [1.165, 1.54) is 0 Å². The van der Waals surface area contributed by atoms with Crippen LogP contribution in [0.25, 0.3) is 0 Å². The summed E-state index contributed by atoms with van der Waals surface area (Å²) >= 11 is 0. The number of fused-ring (bicyclic) bond motifs is 2. The van der Waals surface area contributed by atoms with Gasteiger partial charge in [0.25, 0.3) is 0 Å².